The Hall–Kier alpha value is -0.910. The van der Waals surface area contributed by atoms with Crippen molar-refractivity contribution in [3.05, 3.63) is 35.9 Å². The van der Waals surface area contributed by atoms with Gasteiger partial charge >= 0.3 is 0 Å². The Morgan fingerprint density at radius 3 is 2.20 bits per heavy atom. The monoisotopic (exact) mass is 366 g/mol. The van der Waals surface area contributed by atoms with E-state index in [1.165, 1.54) is 24.8 Å². The van der Waals surface area contributed by atoms with Crippen LogP contribution < -0.4 is 0 Å². The van der Waals surface area contributed by atoms with Crippen LogP contribution in [0.5, 0.6) is 0 Å². The first-order valence-electron chi connectivity index (χ1n) is 9.86. The van der Waals surface area contributed by atoms with Gasteiger partial charge in [0, 0.05) is 32.7 Å². The molecule has 0 amide bonds. The fourth-order valence-corrected chi connectivity index (χ4v) is 4.90. The van der Waals surface area contributed by atoms with E-state index in [2.05, 4.69) is 36.1 Å². The summed E-state index contributed by atoms with van der Waals surface area (Å²) in [6, 6.07) is 10.5. The molecule has 0 aromatic heterocycles. The van der Waals surface area contributed by atoms with Crippen LogP contribution in [0.15, 0.2) is 30.3 Å². The van der Waals surface area contributed by atoms with Crippen molar-refractivity contribution in [2.75, 3.05) is 38.5 Å². The van der Waals surface area contributed by atoms with E-state index in [-0.39, 0.29) is 0 Å². The molecule has 142 valence electrons. The molecule has 1 heterocycles. The Bertz CT molecular complexity index is 567. The Morgan fingerprint density at radius 2 is 1.52 bits per heavy atom. The highest BCUT2D eigenvalue weighted by Crippen LogP contribution is 2.12. The zero-order chi connectivity index (χ0) is 18.0. The molecule has 25 heavy (non-hydrogen) atoms. The maximum absolute atomic E-state index is 12.5. The van der Waals surface area contributed by atoms with Gasteiger partial charge in [-0.1, -0.05) is 69.4 Å². The summed E-state index contributed by atoms with van der Waals surface area (Å²) in [7, 11) is -3.06. The summed E-state index contributed by atoms with van der Waals surface area (Å²) in [6.45, 7) is 6.20. The van der Waals surface area contributed by atoms with Crippen LogP contribution in [-0.2, 0) is 16.4 Å². The summed E-state index contributed by atoms with van der Waals surface area (Å²) < 4.78 is 26.6. The molecule has 1 aliphatic heterocycles. The Kier molecular flexibility index (Phi) is 8.93. The Balaban J connectivity index is 1.64. The average Bonchev–Trinajstić information content (AvgIpc) is 2.64. The number of piperazine rings is 1. The van der Waals surface area contributed by atoms with E-state index in [1.807, 2.05) is 6.07 Å². The average molecular weight is 367 g/mol. The summed E-state index contributed by atoms with van der Waals surface area (Å²) in [4.78, 5) is 2.38. The lowest BCUT2D eigenvalue weighted by molar-refractivity contribution is 0.190. The fourth-order valence-electron chi connectivity index (χ4n) is 3.36. The van der Waals surface area contributed by atoms with Gasteiger partial charge < -0.3 is 4.90 Å². The van der Waals surface area contributed by atoms with Crippen molar-refractivity contribution in [1.82, 2.24) is 9.21 Å². The molecule has 2 rings (SSSR count). The number of nitrogens with zero attached hydrogens (tertiary/aromatic N) is 2. The van der Waals surface area contributed by atoms with E-state index in [1.54, 1.807) is 4.31 Å². The molecular weight excluding hydrogens is 332 g/mol. The lowest BCUT2D eigenvalue weighted by atomic mass is 10.1. The molecule has 0 unspecified atom stereocenters. The molecule has 0 aliphatic carbocycles. The minimum Gasteiger partial charge on any atom is -0.300 e. The molecule has 0 radical (unpaired) electrons. The second kappa shape index (κ2) is 10.9. The van der Waals surface area contributed by atoms with Crippen molar-refractivity contribution in [1.29, 1.82) is 0 Å². The third-order valence-electron chi connectivity index (χ3n) is 5.04. The van der Waals surface area contributed by atoms with E-state index in [0.29, 0.717) is 18.8 Å². The first-order chi connectivity index (χ1) is 12.1. The standard InChI is InChI=1S/C20H34N2O2S/c1-2-3-4-5-6-10-19-25(23,24)22-17-15-21(16-18-22)14-13-20-11-8-7-9-12-20/h7-9,11-12H,2-6,10,13-19H2,1H3. The number of rotatable bonds is 11. The third-order valence-corrected chi connectivity index (χ3v) is 7.00. The topological polar surface area (TPSA) is 40.6 Å². The summed E-state index contributed by atoms with van der Waals surface area (Å²) in [5.41, 5.74) is 1.35. The predicted octanol–water partition coefficient (Wildman–Crippen LogP) is 3.54. The van der Waals surface area contributed by atoms with Gasteiger partial charge in [0.1, 0.15) is 0 Å². The van der Waals surface area contributed by atoms with Crippen molar-refractivity contribution in [3.63, 3.8) is 0 Å². The second-order valence-corrected chi connectivity index (χ2v) is 9.15. The van der Waals surface area contributed by atoms with E-state index in [9.17, 15) is 8.42 Å². The largest absolute Gasteiger partial charge is 0.300 e. The maximum atomic E-state index is 12.5. The Labute approximate surface area is 154 Å². The van der Waals surface area contributed by atoms with Crippen molar-refractivity contribution in [2.45, 2.75) is 51.9 Å². The molecule has 5 heteroatoms. The van der Waals surface area contributed by atoms with Gasteiger partial charge in [-0.15, -0.1) is 0 Å². The predicted molar refractivity (Wildman–Crippen MR) is 105 cm³/mol. The van der Waals surface area contributed by atoms with Crippen LogP contribution in [-0.4, -0.2) is 56.1 Å². The van der Waals surface area contributed by atoms with Gasteiger partial charge in [-0.3, -0.25) is 0 Å². The van der Waals surface area contributed by atoms with Crippen molar-refractivity contribution in [3.8, 4) is 0 Å². The Morgan fingerprint density at radius 1 is 0.880 bits per heavy atom. The van der Waals surface area contributed by atoms with Crippen LogP contribution in [0, 0.1) is 0 Å². The molecule has 0 bridgehead atoms. The summed E-state index contributed by atoms with van der Waals surface area (Å²) in [5, 5.41) is 0. The van der Waals surface area contributed by atoms with Crippen molar-refractivity contribution >= 4 is 10.0 Å². The molecule has 4 nitrogen and oxygen atoms in total. The van der Waals surface area contributed by atoms with Crippen LogP contribution in [0.4, 0.5) is 0 Å². The molecule has 1 saturated heterocycles. The molecule has 1 fully saturated rings. The lowest BCUT2D eigenvalue weighted by Crippen LogP contribution is -2.49. The van der Waals surface area contributed by atoms with Crippen LogP contribution in [0.25, 0.3) is 0 Å². The minimum absolute atomic E-state index is 0.323. The van der Waals surface area contributed by atoms with Gasteiger partial charge in [0.15, 0.2) is 0 Å². The van der Waals surface area contributed by atoms with Crippen LogP contribution in [0.1, 0.15) is 51.0 Å². The first kappa shape index (κ1) is 20.4. The highest BCUT2D eigenvalue weighted by molar-refractivity contribution is 7.89. The van der Waals surface area contributed by atoms with Crippen LogP contribution >= 0.6 is 0 Å². The van der Waals surface area contributed by atoms with Gasteiger partial charge in [-0.2, -0.15) is 4.31 Å². The number of benzene rings is 1. The van der Waals surface area contributed by atoms with E-state index in [4.69, 9.17) is 0 Å². The zero-order valence-corrected chi connectivity index (χ0v) is 16.5. The molecule has 0 spiro atoms. The first-order valence-corrected chi connectivity index (χ1v) is 11.5. The quantitative estimate of drug-likeness (QED) is 0.563. The van der Waals surface area contributed by atoms with Crippen molar-refractivity contribution in [2.24, 2.45) is 0 Å². The number of hydrogen-bond donors (Lipinski definition) is 0. The van der Waals surface area contributed by atoms with E-state index in [0.717, 1.165) is 45.3 Å². The molecule has 1 aliphatic rings. The smallest absolute Gasteiger partial charge is 0.214 e. The fraction of sp³-hybridized carbons (Fsp3) is 0.700. The molecular formula is C20H34N2O2S. The van der Waals surface area contributed by atoms with Gasteiger partial charge in [0.2, 0.25) is 10.0 Å². The number of unbranched alkanes of at least 4 members (excludes halogenated alkanes) is 5. The van der Waals surface area contributed by atoms with Gasteiger partial charge in [0.25, 0.3) is 0 Å². The van der Waals surface area contributed by atoms with E-state index >= 15 is 0 Å². The number of hydrogen-bond acceptors (Lipinski definition) is 3. The third kappa shape index (κ3) is 7.47. The summed E-state index contributed by atoms with van der Waals surface area (Å²) in [6.07, 6.45) is 7.76. The lowest BCUT2D eigenvalue weighted by Gasteiger charge is -2.34. The normalized spacial score (nSPS) is 17.0. The zero-order valence-electron chi connectivity index (χ0n) is 15.7. The van der Waals surface area contributed by atoms with Gasteiger partial charge in [0.05, 0.1) is 5.75 Å². The van der Waals surface area contributed by atoms with Crippen LogP contribution in [0.3, 0.4) is 0 Å². The van der Waals surface area contributed by atoms with E-state index < -0.39 is 10.0 Å². The molecule has 0 N–H and O–H groups in total. The highest BCUT2D eigenvalue weighted by atomic mass is 32.2. The van der Waals surface area contributed by atoms with Gasteiger partial charge in [-0.25, -0.2) is 8.42 Å². The maximum Gasteiger partial charge on any atom is 0.214 e. The minimum atomic E-state index is -3.06. The molecule has 1 aromatic rings. The summed E-state index contributed by atoms with van der Waals surface area (Å²) >= 11 is 0. The SMILES string of the molecule is CCCCCCCCS(=O)(=O)N1CCN(CCc2ccccc2)CC1. The molecule has 0 atom stereocenters. The molecule has 1 aromatic carbocycles. The summed E-state index contributed by atoms with van der Waals surface area (Å²) in [5.74, 6) is 0.323. The number of sulfonamides is 1. The van der Waals surface area contributed by atoms with Gasteiger partial charge in [-0.05, 0) is 18.4 Å². The second-order valence-electron chi connectivity index (χ2n) is 7.06. The highest BCUT2D eigenvalue weighted by Gasteiger charge is 2.26. The van der Waals surface area contributed by atoms with Crippen LogP contribution in [0.2, 0.25) is 0 Å². The molecule has 0 saturated carbocycles. The van der Waals surface area contributed by atoms with Crippen molar-refractivity contribution < 1.29 is 8.42 Å².